The third-order valence-corrected chi connectivity index (χ3v) is 3.22. The second-order valence-corrected chi connectivity index (χ2v) is 8.29. The van der Waals surface area contributed by atoms with Crippen LogP contribution in [-0.4, -0.2) is 47.7 Å². The molecular weight excluding hydrogens is 382 g/mol. The van der Waals surface area contributed by atoms with E-state index in [4.69, 9.17) is 18.9 Å². The summed E-state index contributed by atoms with van der Waals surface area (Å²) in [7, 11) is 1.19. The summed E-state index contributed by atoms with van der Waals surface area (Å²) in [5, 5.41) is 12.4. The summed E-state index contributed by atoms with van der Waals surface area (Å²) < 4.78 is 20.0. The molecule has 9 nitrogen and oxygen atoms in total. The van der Waals surface area contributed by atoms with Crippen molar-refractivity contribution in [2.24, 2.45) is 0 Å². The van der Waals surface area contributed by atoms with Crippen molar-refractivity contribution in [1.29, 1.82) is 0 Å². The third-order valence-electron chi connectivity index (χ3n) is 3.22. The van der Waals surface area contributed by atoms with Crippen LogP contribution < -0.4 is 10.1 Å². The number of carbonyl (C=O) groups is 3. The molecular formula is C20H29NO8. The monoisotopic (exact) mass is 411 g/mol. The lowest BCUT2D eigenvalue weighted by atomic mass is 10.1. The molecule has 0 aromatic heterocycles. The molecule has 1 amide bonds. The van der Waals surface area contributed by atoms with Gasteiger partial charge in [-0.05, 0) is 59.2 Å². The number of hydrogen-bond donors (Lipinski definition) is 2. The van der Waals surface area contributed by atoms with Crippen molar-refractivity contribution in [2.75, 3.05) is 7.11 Å². The number of ether oxygens (including phenoxy) is 4. The standard InChI is InChI=1S/C20H29NO8/c1-19(2,3)28-17(24)21-13(16(23)26-7)10-12-8-9-14(22)15(11-12)27-18(25)29-20(4,5)6/h8-9,11,13,22H,10H2,1-7H3,(H,21,24)/t13-/m0/s1. The molecule has 162 valence electrons. The van der Waals surface area contributed by atoms with Crippen molar-refractivity contribution in [3.8, 4) is 11.5 Å². The first kappa shape index (κ1) is 24.1. The minimum Gasteiger partial charge on any atom is -0.504 e. The van der Waals surface area contributed by atoms with Gasteiger partial charge >= 0.3 is 18.2 Å². The fourth-order valence-corrected chi connectivity index (χ4v) is 2.15. The first-order chi connectivity index (χ1) is 13.2. The van der Waals surface area contributed by atoms with Gasteiger partial charge in [-0.15, -0.1) is 0 Å². The largest absolute Gasteiger partial charge is 0.514 e. The molecule has 0 aliphatic carbocycles. The molecule has 0 heterocycles. The van der Waals surface area contributed by atoms with Gasteiger partial charge in [0.15, 0.2) is 11.5 Å². The van der Waals surface area contributed by atoms with Crippen LogP contribution >= 0.6 is 0 Å². The van der Waals surface area contributed by atoms with Gasteiger partial charge in [0.1, 0.15) is 17.2 Å². The van der Waals surface area contributed by atoms with Gasteiger partial charge in [-0.3, -0.25) is 0 Å². The summed E-state index contributed by atoms with van der Waals surface area (Å²) in [5.74, 6) is -1.11. The maximum atomic E-state index is 12.1. The van der Waals surface area contributed by atoms with Gasteiger partial charge in [0.2, 0.25) is 0 Å². The van der Waals surface area contributed by atoms with Gasteiger partial charge < -0.3 is 29.4 Å². The van der Waals surface area contributed by atoms with Gasteiger partial charge in [-0.2, -0.15) is 0 Å². The van der Waals surface area contributed by atoms with Gasteiger partial charge in [0.05, 0.1) is 7.11 Å². The Balaban J connectivity index is 2.95. The molecule has 1 aromatic carbocycles. The number of hydrogen-bond acceptors (Lipinski definition) is 8. The SMILES string of the molecule is COC(=O)[C@H](Cc1ccc(O)c(OC(=O)OC(C)(C)C)c1)NC(=O)OC(C)(C)C. The van der Waals surface area contributed by atoms with Crippen molar-refractivity contribution in [3.05, 3.63) is 23.8 Å². The molecule has 0 aliphatic heterocycles. The van der Waals surface area contributed by atoms with E-state index in [1.165, 1.54) is 25.3 Å². The van der Waals surface area contributed by atoms with E-state index in [1.807, 2.05) is 0 Å². The number of rotatable bonds is 5. The number of methoxy groups -OCH3 is 1. The van der Waals surface area contributed by atoms with Gasteiger partial charge in [-0.25, -0.2) is 14.4 Å². The zero-order valence-corrected chi connectivity index (χ0v) is 17.8. The fraction of sp³-hybridized carbons (Fsp3) is 0.550. The first-order valence-electron chi connectivity index (χ1n) is 9.00. The van der Waals surface area contributed by atoms with Gasteiger partial charge in [-0.1, -0.05) is 6.07 Å². The number of esters is 1. The Morgan fingerprint density at radius 1 is 1.03 bits per heavy atom. The summed E-state index contributed by atoms with van der Waals surface area (Å²) in [6.45, 7) is 10.1. The molecule has 0 aliphatic rings. The molecule has 1 rings (SSSR count). The van der Waals surface area contributed by atoms with Crippen molar-refractivity contribution in [2.45, 2.75) is 65.2 Å². The fourth-order valence-electron chi connectivity index (χ4n) is 2.15. The van der Waals surface area contributed by atoms with Crippen LogP contribution in [0.1, 0.15) is 47.1 Å². The molecule has 9 heteroatoms. The summed E-state index contributed by atoms with van der Waals surface area (Å²) in [5.41, 5.74) is -1.01. The summed E-state index contributed by atoms with van der Waals surface area (Å²) in [4.78, 5) is 35.9. The zero-order chi connectivity index (χ0) is 22.4. The van der Waals surface area contributed by atoms with Crippen LogP contribution in [-0.2, 0) is 25.4 Å². The van der Waals surface area contributed by atoms with Crippen LogP contribution in [0.3, 0.4) is 0 Å². The van der Waals surface area contributed by atoms with Crippen LogP contribution in [0.25, 0.3) is 0 Å². The van der Waals surface area contributed by atoms with Crippen LogP contribution in [0.2, 0.25) is 0 Å². The normalized spacial score (nSPS) is 12.5. The summed E-state index contributed by atoms with van der Waals surface area (Å²) >= 11 is 0. The lowest BCUT2D eigenvalue weighted by Gasteiger charge is -2.23. The lowest BCUT2D eigenvalue weighted by molar-refractivity contribution is -0.143. The van der Waals surface area contributed by atoms with Crippen LogP contribution in [0.5, 0.6) is 11.5 Å². The molecule has 0 saturated heterocycles. The number of aromatic hydroxyl groups is 1. The number of carbonyl (C=O) groups excluding carboxylic acids is 3. The number of amides is 1. The van der Waals surface area contributed by atoms with E-state index < -0.39 is 35.5 Å². The minimum atomic E-state index is -1.05. The minimum absolute atomic E-state index is 0.0108. The Labute approximate surface area is 170 Å². The van der Waals surface area contributed by atoms with Crippen molar-refractivity contribution < 1.29 is 38.4 Å². The highest BCUT2D eigenvalue weighted by Gasteiger charge is 2.26. The Morgan fingerprint density at radius 3 is 2.14 bits per heavy atom. The number of nitrogens with one attached hydrogen (secondary N) is 1. The average molecular weight is 411 g/mol. The van der Waals surface area contributed by atoms with Crippen molar-refractivity contribution in [3.63, 3.8) is 0 Å². The molecule has 1 atom stereocenters. The van der Waals surface area contributed by atoms with Gasteiger partial charge in [0.25, 0.3) is 0 Å². The zero-order valence-electron chi connectivity index (χ0n) is 17.8. The molecule has 29 heavy (non-hydrogen) atoms. The second kappa shape index (κ2) is 9.49. The van der Waals surface area contributed by atoms with Gasteiger partial charge in [0, 0.05) is 6.42 Å². The molecule has 0 fully saturated rings. The Kier molecular flexibility index (Phi) is 7.87. The van der Waals surface area contributed by atoms with Crippen LogP contribution in [0.15, 0.2) is 18.2 Å². The third kappa shape index (κ3) is 9.18. The maximum absolute atomic E-state index is 12.1. The van der Waals surface area contributed by atoms with Crippen LogP contribution in [0, 0.1) is 0 Å². The topological polar surface area (TPSA) is 120 Å². The Bertz CT molecular complexity index is 746. The lowest BCUT2D eigenvalue weighted by Crippen LogP contribution is -2.45. The average Bonchev–Trinajstić information content (AvgIpc) is 2.53. The number of alkyl carbamates (subject to hydrolysis) is 1. The number of benzene rings is 1. The van der Waals surface area contributed by atoms with E-state index in [0.717, 1.165) is 0 Å². The molecule has 2 N–H and O–H groups in total. The van der Waals surface area contributed by atoms with Crippen LogP contribution in [0.4, 0.5) is 9.59 Å². The van der Waals surface area contributed by atoms with E-state index in [2.05, 4.69) is 5.32 Å². The first-order valence-corrected chi connectivity index (χ1v) is 9.00. The predicted molar refractivity (Wildman–Crippen MR) is 104 cm³/mol. The number of phenolic OH excluding ortho intramolecular Hbond substituents is 1. The molecule has 1 aromatic rings. The summed E-state index contributed by atoms with van der Waals surface area (Å²) in [6, 6.07) is 3.14. The molecule has 0 radical (unpaired) electrons. The smallest absolute Gasteiger partial charge is 0.504 e. The highest BCUT2D eigenvalue weighted by Crippen LogP contribution is 2.28. The Hall–Kier alpha value is -2.97. The quantitative estimate of drug-likeness (QED) is 0.430. The number of phenols is 1. The molecule has 0 spiro atoms. The highest BCUT2D eigenvalue weighted by molar-refractivity contribution is 5.81. The second-order valence-electron chi connectivity index (χ2n) is 8.29. The van der Waals surface area contributed by atoms with E-state index in [-0.39, 0.29) is 17.9 Å². The van der Waals surface area contributed by atoms with E-state index in [9.17, 15) is 19.5 Å². The Morgan fingerprint density at radius 2 is 1.62 bits per heavy atom. The van der Waals surface area contributed by atoms with E-state index >= 15 is 0 Å². The molecule has 0 bridgehead atoms. The summed E-state index contributed by atoms with van der Waals surface area (Å²) in [6.07, 6.45) is -1.75. The van der Waals surface area contributed by atoms with Crippen molar-refractivity contribution >= 4 is 18.2 Å². The molecule has 0 unspecified atom stereocenters. The van der Waals surface area contributed by atoms with E-state index in [1.54, 1.807) is 41.5 Å². The predicted octanol–water partition coefficient (Wildman–Crippen LogP) is 3.31. The maximum Gasteiger partial charge on any atom is 0.514 e. The van der Waals surface area contributed by atoms with Crippen molar-refractivity contribution in [1.82, 2.24) is 5.32 Å². The highest BCUT2D eigenvalue weighted by atomic mass is 16.7. The molecule has 0 saturated carbocycles. The van der Waals surface area contributed by atoms with E-state index in [0.29, 0.717) is 5.56 Å².